The third kappa shape index (κ3) is 2.22. The molecule has 0 aliphatic heterocycles. The maximum atomic E-state index is 12.8. The van der Waals surface area contributed by atoms with E-state index in [0.717, 1.165) is 12.3 Å². The van der Waals surface area contributed by atoms with Gasteiger partial charge in [0.05, 0.1) is 0 Å². The minimum absolute atomic E-state index is 0.357. The van der Waals surface area contributed by atoms with Crippen LogP contribution in [-0.4, -0.2) is 22.3 Å². The fourth-order valence-corrected chi connectivity index (χ4v) is 0.856. The van der Waals surface area contributed by atoms with E-state index in [1.54, 1.807) is 0 Å². The maximum absolute atomic E-state index is 12.8. The summed E-state index contributed by atoms with van der Waals surface area (Å²) < 4.78 is 12.8. The second kappa shape index (κ2) is 4.27. The van der Waals surface area contributed by atoms with Crippen LogP contribution in [0.4, 0.5) is 4.39 Å². The van der Waals surface area contributed by atoms with Gasteiger partial charge in [-0.15, -0.1) is 0 Å². The number of carbonyl (C=O) groups excluding carboxylic acids is 1. The topological polar surface area (TPSA) is 67.3 Å². The number of carboxylic acids is 1. The first kappa shape index (κ1) is 10.0. The fraction of sp³-hybridized carbons (Fsp3) is 0. The van der Waals surface area contributed by atoms with E-state index in [9.17, 15) is 14.0 Å². The minimum Gasteiger partial charge on any atom is -0.478 e. The van der Waals surface area contributed by atoms with Gasteiger partial charge in [0.1, 0.15) is 11.8 Å². The summed E-state index contributed by atoms with van der Waals surface area (Å²) in [7, 11) is 0. The molecule has 4 nitrogen and oxygen atoms in total. The number of aromatic carboxylic acids is 1. The molecule has 1 heterocycles. The van der Waals surface area contributed by atoms with Crippen molar-refractivity contribution in [1.29, 1.82) is 0 Å². The number of allylic oxidation sites excluding steroid dienone is 1. The number of halogens is 1. The summed E-state index contributed by atoms with van der Waals surface area (Å²) in [5.41, 5.74) is -0.158. The summed E-state index contributed by atoms with van der Waals surface area (Å²) in [6.45, 7) is 0. The molecule has 72 valence electrons. The SMILES string of the molecule is O=CC=Cc1cnc(F)c(C(=O)O)c1. The molecular formula is C9H6FNO3. The van der Waals surface area contributed by atoms with E-state index in [4.69, 9.17) is 5.11 Å². The zero-order chi connectivity index (χ0) is 10.6. The molecule has 0 fully saturated rings. The highest BCUT2D eigenvalue weighted by Crippen LogP contribution is 2.08. The molecule has 0 radical (unpaired) electrons. The summed E-state index contributed by atoms with van der Waals surface area (Å²) in [5, 5.41) is 8.54. The number of carboxylic acid groups (broad SMARTS) is 1. The Kier molecular flexibility index (Phi) is 3.06. The van der Waals surface area contributed by atoms with Gasteiger partial charge in [-0.3, -0.25) is 4.79 Å². The molecular weight excluding hydrogens is 189 g/mol. The number of aldehydes is 1. The van der Waals surface area contributed by atoms with Gasteiger partial charge in [0.25, 0.3) is 0 Å². The quantitative estimate of drug-likeness (QED) is 0.446. The smallest absolute Gasteiger partial charge is 0.340 e. The third-order valence-corrected chi connectivity index (χ3v) is 1.46. The van der Waals surface area contributed by atoms with E-state index in [0.29, 0.717) is 11.8 Å². The molecule has 0 bridgehead atoms. The Balaban J connectivity index is 3.12. The van der Waals surface area contributed by atoms with Crippen molar-refractivity contribution in [3.63, 3.8) is 0 Å². The van der Waals surface area contributed by atoms with Gasteiger partial charge in [-0.2, -0.15) is 4.39 Å². The van der Waals surface area contributed by atoms with Gasteiger partial charge in [-0.25, -0.2) is 9.78 Å². The molecule has 1 aromatic heterocycles. The lowest BCUT2D eigenvalue weighted by atomic mass is 10.2. The summed E-state index contributed by atoms with van der Waals surface area (Å²) in [6, 6.07) is 1.10. The van der Waals surface area contributed by atoms with Crippen LogP contribution < -0.4 is 0 Å². The van der Waals surface area contributed by atoms with Crippen LogP contribution in [0.1, 0.15) is 15.9 Å². The van der Waals surface area contributed by atoms with E-state index in [1.807, 2.05) is 0 Å². The summed E-state index contributed by atoms with van der Waals surface area (Å²) in [5.74, 6) is -2.43. The average molecular weight is 195 g/mol. The lowest BCUT2D eigenvalue weighted by Gasteiger charge is -1.97. The van der Waals surface area contributed by atoms with Crippen LogP contribution >= 0.6 is 0 Å². The number of nitrogens with zero attached hydrogens (tertiary/aromatic N) is 1. The number of hydrogen-bond acceptors (Lipinski definition) is 3. The maximum Gasteiger partial charge on any atom is 0.340 e. The Bertz CT molecular complexity index is 401. The third-order valence-electron chi connectivity index (χ3n) is 1.46. The predicted molar refractivity (Wildman–Crippen MR) is 46.3 cm³/mol. The number of carbonyl (C=O) groups is 2. The van der Waals surface area contributed by atoms with E-state index in [2.05, 4.69) is 4.98 Å². The van der Waals surface area contributed by atoms with Crippen LogP contribution in [0.5, 0.6) is 0 Å². The Labute approximate surface area is 78.7 Å². The number of rotatable bonds is 3. The van der Waals surface area contributed by atoms with Gasteiger partial charge in [0.15, 0.2) is 0 Å². The standard InChI is InChI=1S/C9H6FNO3/c10-8-7(9(13)14)4-6(5-11-8)2-1-3-12/h1-5H,(H,13,14). The molecule has 0 amide bonds. The van der Waals surface area contributed by atoms with Crippen LogP contribution in [0.3, 0.4) is 0 Å². The van der Waals surface area contributed by atoms with Crippen molar-refractivity contribution in [1.82, 2.24) is 4.98 Å². The van der Waals surface area contributed by atoms with Crippen LogP contribution in [0.2, 0.25) is 0 Å². The molecule has 0 saturated carbocycles. The molecule has 0 aromatic carbocycles. The van der Waals surface area contributed by atoms with Crippen molar-refractivity contribution in [2.24, 2.45) is 0 Å². The molecule has 1 N–H and O–H groups in total. The van der Waals surface area contributed by atoms with Gasteiger partial charge < -0.3 is 5.11 Å². The fourth-order valence-electron chi connectivity index (χ4n) is 0.856. The number of aromatic nitrogens is 1. The zero-order valence-electron chi connectivity index (χ0n) is 6.98. The minimum atomic E-state index is -1.39. The Morgan fingerprint density at radius 2 is 2.29 bits per heavy atom. The summed E-state index contributed by atoms with van der Waals surface area (Å²) >= 11 is 0. The first-order valence-electron chi connectivity index (χ1n) is 3.66. The summed E-state index contributed by atoms with van der Waals surface area (Å²) in [4.78, 5) is 23.7. The average Bonchev–Trinajstić information content (AvgIpc) is 2.16. The highest BCUT2D eigenvalue weighted by atomic mass is 19.1. The molecule has 1 aromatic rings. The van der Waals surface area contributed by atoms with Crippen molar-refractivity contribution in [3.05, 3.63) is 35.4 Å². The van der Waals surface area contributed by atoms with Crippen molar-refractivity contribution in [2.45, 2.75) is 0 Å². The highest BCUT2D eigenvalue weighted by molar-refractivity contribution is 5.88. The molecule has 14 heavy (non-hydrogen) atoms. The van der Waals surface area contributed by atoms with Gasteiger partial charge in [-0.1, -0.05) is 6.08 Å². The monoisotopic (exact) mass is 195 g/mol. The normalized spacial score (nSPS) is 10.4. The Morgan fingerprint density at radius 3 is 2.86 bits per heavy atom. The van der Waals surface area contributed by atoms with Crippen molar-refractivity contribution < 1.29 is 19.1 Å². The van der Waals surface area contributed by atoms with E-state index >= 15 is 0 Å². The van der Waals surface area contributed by atoms with Gasteiger partial charge in [0.2, 0.25) is 5.95 Å². The van der Waals surface area contributed by atoms with Gasteiger partial charge >= 0.3 is 5.97 Å². The van der Waals surface area contributed by atoms with E-state index < -0.39 is 17.5 Å². The molecule has 1 rings (SSSR count). The van der Waals surface area contributed by atoms with E-state index in [1.165, 1.54) is 12.2 Å². The van der Waals surface area contributed by atoms with Crippen molar-refractivity contribution in [3.8, 4) is 0 Å². The highest BCUT2D eigenvalue weighted by Gasteiger charge is 2.10. The van der Waals surface area contributed by atoms with Crippen molar-refractivity contribution in [2.75, 3.05) is 0 Å². The second-order valence-electron chi connectivity index (χ2n) is 2.41. The second-order valence-corrected chi connectivity index (χ2v) is 2.41. The molecule has 0 aliphatic rings. The number of hydrogen-bond donors (Lipinski definition) is 1. The molecule has 0 aliphatic carbocycles. The van der Waals surface area contributed by atoms with Gasteiger partial charge in [-0.05, 0) is 17.7 Å². The molecule has 0 spiro atoms. The predicted octanol–water partition coefficient (Wildman–Crippen LogP) is 1.13. The number of pyridine rings is 1. The lowest BCUT2D eigenvalue weighted by Crippen LogP contribution is -2.02. The summed E-state index contributed by atoms with van der Waals surface area (Å²) in [6.07, 6.45) is 4.18. The molecule has 0 saturated heterocycles. The lowest BCUT2D eigenvalue weighted by molar-refractivity contribution is -0.104. The van der Waals surface area contributed by atoms with Crippen LogP contribution in [0, 0.1) is 5.95 Å². The Hall–Kier alpha value is -2.04. The molecule has 0 unspecified atom stereocenters. The van der Waals surface area contributed by atoms with Gasteiger partial charge in [0, 0.05) is 6.20 Å². The van der Waals surface area contributed by atoms with Crippen molar-refractivity contribution >= 4 is 18.3 Å². The van der Waals surface area contributed by atoms with E-state index in [-0.39, 0.29) is 0 Å². The van der Waals surface area contributed by atoms with Crippen LogP contribution in [0.25, 0.3) is 6.08 Å². The first-order valence-corrected chi connectivity index (χ1v) is 3.66. The Morgan fingerprint density at radius 1 is 1.57 bits per heavy atom. The molecule has 0 atom stereocenters. The van der Waals surface area contributed by atoms with Crippen LogP contribution in [0.15, 0.2) is 18.3 Å². The molecule has 5 heteroatoms. The largest absolute Gasteiger partial charge is 0.478 e. The first-order chi connectivity index (χ1) is 6.65. The zero-order valence-corrected chi connectivity index (χ0v) is 6.98. The van der Waals surface area contributed by atoms with Crippen LogP contribution in [-0.2, 0) is 4.79 Å².